The third-order valence-electron chi connectivity index (χ3n) is 5.74. The molecular formula is C26H22FN5O3S. The number of fused-ring (bicyclic) bond motifs is 1. The summed E-state index contributed by atoms with van der Waals surface area (Å²) in [5.74, 6) is -0.130. The molecule has 0 bridgehead atoms. The highest BCUT2D eigenvalue weighted by Gasteiger charge is 2.19. The first-order valence-electron chi connectivity index (χ1n) is 11.2. The maximum atomic E-state index is 14.3. The summed E-state index contributed by atoms with van der Waals surface area (Å²) in [5.41, 5.74) is 1.17. The molecule has 1 amide bonds. The lowest BCUT2D eigenvalue weighted by Gasteiger charge is -2.11. The number of H-pyrrole nitrogens is 1. The molecule has 5 aromatic rings. The topological polar surface area (TPSA) is 102 Å². The number of benzene rings is 2. The Hall–Kier alpha value is -4.31. The van der Waals surface area contributed by atoms with Crippen molar-refractivity contribution >= 4 is 34.1 Å². The van der Waals surface area contributed by atoms with Crippen molar-refractivity contribution in [1.82, 2.24) is 19.1 Å². The van der Waals surface area contributed by atoms with Crippen LogP contribution in [-0.4, -0.2) is 25.0 Å². The van der Waals surface area contributed by atoms with E-state index in [1.54, 1.807) is 30.3 Å². The van der Waals surface area contributed by atoms with E-state index in [2.05, 4.69) is 15.3 Å². The van der Waals surface area contributed by atoms with Crippen molar-refractivity contribution in [2.24, 2.45) is 0 Å². The van der Waals surface area contributed by atoms with Crippen LogP contribution >= 0.6 is 11.3 Å². The number of imidazole rings is 1. The number of nitrogens with zero attached hydrogens (tertiary/aromatic N) is 3. The summed E-state index contributed by atoms with van der Waals surface area (Å²) in [6, 6.07) is 17.1. The summed E-state index contributed by atoms with van der Waals surface area (Å²) in [4.78, 5) is 46.7. The van der Waals surface area contributed by atoms with E-state index in [0.29, 0.717) is 17.9 Å². The van der Waals surface area contributed by atoms with Crippen molar-refractivity contribution in [3.8, 4) is 0 Å². The van der Waals surface area contributed by atoms with Gasteiger partial charge in [0.15, 0.2) is 5.65 Å². The SMILES string of the molecule is CC(=O)Nc1ccc(Cc2nc3c([nH]2)c(=O)n(Cc2ccccc2F)c(=O)n3Cc2cccs2)cc1. The van der Waals surface area contributed by atoms with Crippen LogP contribution in [0.1, 0.15) is 28.8 Å². The van der Waals surface area contributed by atoms with Crippen molar-refractivity contribution in [3.63, 3.8) is 0 Å². The van der Waals surface area contributed by atoms with Crippen LogP contribution in [0.2, 0.25) is 0 Å². The van der Waals surface area contributed by atoms with Crippen molar-refractivity contribution in [2.45, 2.75) is 26.4 Å². The molecule has 0 saturated carbocycles. The second kappa shape index (κ2) is 9.74. The maximum Gasteiger partial charge on any atom is 0.333 e. The van der Waals surface area contributed by atoms with Gasteiger partial charge >= 0.3 is 5.69 Å². The Morgan fingerprint density at radius 3 is 2.50 bits per heavy atom. The van der Waals surface area contributed by atoms with Crippen LogP contribution in [-0.2, 0) is 24.3 Å². The largest absolute Gasteiger partial charge is 0.336 e. The van der Waals surface area contributed by atoms with Crippen LogP contribution in [0, 0.1) is 5.82 Å². The summed E-state index contributed by atoms with van der Waals surface area (Å²) >= 11 is 1.49. The zero-order valence-electron chi connectivity index (χ0n) is 19.3. The number of carbonyl (C=O) groups excluding carboxylic acids is 1. The number of hydrogen-bond acceptors (Lipinski definition) is 5. The van der Waals surface area contributed by atoms with Crippen LogP contribution in [0.4, 0.5) is 10.1 Å². The third-order valence-corrected chi connectivity index (χ3v) is 6.60. The van der Waals surface area contributed by atoms with Crippen LogP contribution in [0.5, 0.6) is 0 Å². The zero-order valence-corrected chi connectivity index (χ0v) is 20.1. The van der Waals surface area contributed by atoms with Crippen molar-refractivity contribution in [1.29, 1.82) is 0 Å². The first kappa shape index (κ1) is 23.4. The molecule has 3 heterocycles. The summed E-state index contributed by atoms with van der Waals surface area (Å²) in [5, 5.41) is 4.63. The second-order valence-corrected chi connectivity index (χ2v) is 9.40. The molecule has 0 spiro atoms. The van der Waals surface area contributed by atoms with E-state index in [4.69, 9.17) is 0 Å². The molecule has 0 atom stereocenters. The molecule has 0 aliphatic rings. The highest BCUT2D eigenvalue weighted by atomic mass is 32.1. The summed E-state index contributed by atoms with van der Waals surface area (Å²) in [7, 11) is 0. The number of aromatic nitrogens is 4. The van der Waals surface area contributed by atoms with Gasteiger partial charge in [0, 0.05) is 29.5 Å². The average molecular weight is 504 g/mol. The number of rotatable bonds is 7. The molecule has 182 valence electrons. The van der Waals surface area contributed by atoms with E-state index in [0.717, 1.165) is 15.0 Å². The minimum atomic E-state index is -0.555. The van der Waals surface area contributed by atoms with Gasteiger partial charge in [-0.05, 0) is 35.2 Å². The highest BCUT2D eigenvalue weighted by molar-refractivity contribution is 7.09. The van der Waals surface area contributed by atoms with Gasteiger partial charge in [-0.15, -0.1) is 11.3 Å². The van der Waals surface area contributed by atoms with Gasteiger partial charge in [-0.25, -0.2) is 14.2 Å². The number of thiophene rings is 1. The number of nitrogens with one attached hydrogen (secondary N) is 2. The van der Waals surface area contributed by atoms with E-state index >= 15 is 0 Å². The number of amides is 1. The predicted octanol–water partition coefficient (Wildman–Crippen LogP) is 3.73. The molecule has 0 fully saturated rings. The smallest absolute Gasteiger partial charge is 0.333 e. The van der Waals surface area contributed by atoms with Crippen molar-refractivity contribution in [3.05, 3.63) is 115 Å². The average Bonchev–Trinajstić information content (AvgIpc) is 3.52. The molecule has 0 unspecified atom stereocenters. The van der Waals surface area contributed by atoms with Gasteiger partial charge in [0.05, 0.1) is 13.1 Å². The molecule has 8 nitrogen and oxygen atoms in total. The molecule has 5 rings (SSSR count). The lowest BCUT2D eigenvalue weighted by Crippen LogP contribution is -2.40. The Bertz CT molecular complexity index is 1670. The van der Waals surface area contributed by atoms with Gasteiger partial charge in [0.1, 0.15) is 17.2 Å². The molecule has 3 aromatic heterocycles. The monoisotopic (exact) mass is 503 g/mol. The Balaban J connectivity index is 1.58. The molecule has 0 aliphatic carbocycles. The number of aromatic amines is 1. The van der Waals surface area contributed by atoms with Crippen LogP contribution < -0.4 is 16.6 Å². The summed E-state index contributed by atoms with van der Waals surface area (Å²) in [6.07, 6.45) is 0.384. The lowest BCUT2D eigenvalue weighted by atomic mass is 10.1. The molecule has 2 aromatic carbocycles. The van der Waals surface area contributed by atoms with Gasteiger partial charge in [-0.3, -0.25) is 18.7 Å². The molecule has 0 aliphatic heterocycles. The second-order valence-electron chi connectivity index (χ2n) is 8.37. The fraction of sp³-hybridized carbons (Fsp3) is 0.154. The molecule has 0 saturated heterocycles. The van der Waals surface area contributed by atoms with E-state index in [1.165, 1.54) is 28.9 Å². The summed E-state index contributed by atoms with van der Waals surface area (Å²) < 4.78 is 16.8. The van der Waals surface area contributed by atoms with E-state index in [1.807, 2.05) is 29.6 Å². The van der Waals surface area contributed by atoms with Crippen molar-refractivity contribution in [2.75, 3.05) is 5.32 Å². The minimum absolute atomic E-state index is 0.157. The summed E-state index contributed by atoms with van der Waals surface area (Å²) in [6.45, 7) is 1.49. The number of hydrogen-bond donors (Lipinski definition) is 2. The van der Waals surface area contributed by atoms with Crippen LogP contribution in [0.25, 0.3) is 11.2 Å². The normalized spacial score (nSPS) is 11.2. The van der Waals surface area contributed by atoms with Gasteiger partial charge in [0.2, 0.25) is 5.91 Å². The Kier molecular flexibility index (Phi) is 6.34. The number of halogens is 1. The third kappa shape index (κ3) is 4.76. The van der Waals surface area contributed by atoms with Crippen LogP contribution in [0.3, 0.4) is 0 Å². The zero-order chi connectivity index (χ0) is 25.2. The number of carbonyl (C=O) groups is 1. The van der Waals surface area contributed by atoms with Gasteiger partial charge in [-0.2, -0.15) is 0 Å². The maximum absolute atomic E-state index is 14.3. The first-order chi connectivity index (χ1) is 17.4. The molecule has 36 heavy (non-hydrogen) atoms. The lowest BCUT2D eigenvalue weighted by molar-refractivity contribution is -0.114. The standard InChI is InChI=1S/C26H22FN5O3S/c1-16(33)28-19-10-8-17(9-11-19)13-22-29-23-24(30-22)31(15-20-6-4-12-36-20)26(35)32(25(23)34)14-18-5-2-3-7-21(18)27/h2-12H,13-15H2,1H3,(H,28,33)(H,29,30). The predicted molar refractivity (Wildman–Crippen MR) is 137 cm³/mol. The van der Waals surface area contributed by atoms with Gasteiger partial charge in [-0.1, -0.05) is 36.4 Å². The van der Waals surface area contributed by atoms with Gasteiger partial charge < -0.3 is 10.3 Å². The van der Waals surface area contributed by atoms with E-state index in [-0.39, 0.29) is 35.7 Å². The van der Waals surface area contributed by atoms with Gasteiger partial charge in [0.25, 0.3) is 5.56 Å². The molecular weight excluding hydrogens is 481 g/mol. The minimum Gasteiger partial charge on any atom is -0.336 e. The Labute approximate surface area is 208 Å². The van der Waals surface area contributed by atoms with E-state index in [9.17, 15) is 18.8 Å². The fourth-order valence-corrected chi connectivity index (χ4v) is 4.73. The number of anilines is 1. The molecule has 0 radical (unpaired) electrons. The first-order valence-corrected chi connectivity index (χ1v) is 12.1. The fourth-order valence-electron chi connectivity index (χ4n) is 4.04. The van der Waals surface area contributed by atoms with Crippen molar-refractivity contribution < 1.29 is 9.18 Å². The molecule has 10 heteroatoms. The Morgan fingerprint density at radius 2 is 1.81 bits per heavy atom. The Morgan fingerprint density at radius 1 is 1.03 bits per heavy atom. The van der Waals surface area contributed by atoms with E-state index < -0.39 is 17.1 Å². The quantitative estimate of drug-likeness (QED) is 0.353. The van der Waals surface area contributed by atoms with Crippen LogP contribution in [0.15, 0.2) is 75.6 Å². The molecule has 2 N–H and O–H groups in total. The highest BCUT2D eigenvalue weighted by Crippen LogP contribution is 2.17.